The summed E-state index contributed by atoms with van der Waals surface area (Å²) in [7, 11) is 0. The summed E-state index contributed by atoms with van der Waals surface area (Å²) >= 11 is 6.01. The van der Waals surface area contributed by atoms with Crippen molar-refractivity contribution in [3.63, 3.8) is 0 Å². The van der Waals surface area contributed by atoms with Gasteiger partial charge in [-0.05, 0) is 49.3 Å². The Labute approximate surface area is 101 Å². The van der Waals surface area contributed by atoms with E-state index in [2.05, 4.69) is 0 Å². The Balaban J connectivity index is 2.51. The van der Waals surface area contributed by atoms with E-state index in [1.54, 1.807) is 0 Å². The van der Waals surface area contributed by atoms with Gasteiger partial charge in [0.25, 0.3) is 0 Å². The second kappa shape index (κ2) is 5.07. The van der Waals surface area contributed by atoms with Crippen LogP contribution in [0.5, 0.6) is 5.75 Å². The molecule has 1 aromatic carbocycles. The zero-order chi connectivity index (χ0) is 11.5. The lowest BCUT2D eigenvalue weighted by atomic mass is 9.94. The molecule has 0 spiro atoms. The Morgan fingerprint density at radius 2 is 1.94 bits per heavy atom. The van der Waals surface area contributed by atoms with Crippen molar-refractivity contribution in [3.8, 4) is 5.75 Å². The smallest absolute Gasteiger partial charge is 0.137 e. The molecule has 0 aliphatic heterocycles. The average Bonchev–Trinajstić information content (AvgIpc) is 2.50. The SMILES string of the molecule is OCCc1c(O)c(Cl)cc2c1CCCCC2. The second-order valence-electron chi connectivity index (χ2n) is 4.36. The van der Waals surface area contributed by atoms with Gasteiger partial charge in [0.05, 0.1) is 5.02 Å². The van der Waals surface area contributed by atoms with Gasteiger partial charge in [0.2, 0.25) is 0 Å². The third kappa shape index (κ3) is 2.18. The topological polar surface area (TPSA) is 40.5 Å². The van der Waals surface area contributed by atoms with Gasteiger partial charge in [-0.3, -0.25) is 0 Å². The van der Waals surface area contributed by atoms with Crippen LogP contribution in [0, 0.1) is 0 Å². The minimum atomic E-state index is 0.0559. The summed E-state index contributed by atoms with van der Waals surface area (Å²) in [5.74, 6) is 0.163. The summed E-state index contributed by atoms with van der Waals surface area (Å²) in [5, 5.41) is 19.4. The molecule has 0 atom stereocenters. The zero-order valence-electron chi connectivity index (χ0n) is 9.30. The maximum Gasteiger partial charge on any atom is 0.137 e. The molecule has 0 saturated carbocycles. The highest BCUT2D eigenvalue weighted by Crippen LogP contribution is 2.36. The fraction of sp³-hybridized carbons (Fsp3) is 0.538. The van der Waals surface area contributed by atoms with E-state index >= 15 is 0 Å². The van der Waals surface area contributed by atoms with Crippen LogP contribution in [0.1, 0.15) is 36.0 Å². The minimum absolute atomic E-state index is 0.0559. The molecule has 0 fully saturated rings. The molecular weight excluding hydrogens is 224 g/mol. The Morgan fingerprint density at radius 3 is 2.69 bits per heavy atom. The molecule has 1 aliphatic carbocycles. The number of aryl methyl sites for hydroxylation is 1. The molecule has 0 saturated heterocycles. The van der Waals surface area contributed by atoms with E-state index in [0.717, 1.165) is 24.8 Å². The fourth-order valence-electron chi connectivity index (χ4n) is 2.50. The van der Waals surface area contributed by atoms with E-state index in [1.807, 2.05) is 6.07 Å². The number of hydrogen-bond donors (Lipinski definition) is 2. The van der Waals surface area contributed by atoms with Crippen molar-refractivity contribution in [1.82, 2.24) is 0 Å². The summed E-state index contributed by atoms with van der Waals surface area (Å²) in [4.78, 5) is 0. The van der Waals surface area contributed by atoms with E-state index in [1.165, 1.54) is 24.0 Å². The lowest BCUT2D eigenvalue weighted by Gasteiger charge is -2.15. The molecular formula is C13H17ClO2. The van der Waals surface area contributed by atoms with Crippen LogP contribution < -0.4 is 0 Å². The van der Waals surface area contributed by atoms with Crippen LogP contribution in [0.25, 0.3) is 0 Å². The predicted molar refractivity (Wildman–Crippen MR) is 65.2 cm³/mol. The number of rotatable bonds is 2. The van der Waals surface area contributed by atoms with Crippen LogP contribution in [-0.4, -0.2) is 16.8 Å². The molecule has 0 heterocycles. The van der Waals surface area contributed by atoms with Crippen molar-refractivity contribution in [2.75, 3.05) is 6.61 Å². The van der Waals surface area contributed by atoms with E-state index in [9.17, 15) is 5.11 Å². The predicted octanol–water partition coefficient (Wildman–Crippen LogP) is 2.85. The largest absolute Gasteiger partial charge is 0.506 e. The number of hydrogen-bond acceptors (Lipinski definition) is 2. The average molecular weight is 241 g/mol. The number of aliphatic hydroxyl groups excluding tert-OH is 1. The Morgan fingerprint density at radius 1 is 1.19 bits per heavy atom. The molecule has 0 radical (unpaired) electrons. The van der Waals surface area contributed by atoms with Crippen molar-refractivity contribution >= 4 is 11.6 Å². The van der Waals surface area contributed by atoms with Crippen molar-refractivity contribution in [2.24, 2.45) is 0 Å². The number of phenolic OH excluding ortho intramolecular Hbond substituents is 1. The lowest BCUT2D eigenvalue weighted by molar-refractivity contribution is 0.297. The molecule has 16 heavy (non-hydrogen) atoms. The third-order valence-corrected chi connectivity index (χ3v) is 3.59. The summed E-state index contributed by atoms with van der Waals surface area (Å²) in [6.07, 6.45) is 6.10. The minimum Gasteiger partial charge on any atom is -0.506 e. The number of fused-ring (bicyclic) bond motifs is 1. The maximum absolute atomic E-state index is 9.93. The molecule has 2 nitrogen and oxygen atoms in total. The van der Waals surface area contributed by atoms with Crippen LogP contribution in [0.3, 0.4) is 0 Å². The van der Waals surface area contributed by atoms with Crippen LogP contribution in [0.2, 0.25) is 5.02 Å². The molecule has 2 rings (SSSR count). The molecule has 0 amide bonds. The zero-order valence-corrected chi connectivity index (χ0v) is 10.1. The van der Waals surface area contributed by atoms with Crippen molar-refractivity contribution in [1.29, 1.82) is 0 Å². The van der Waals surface area contributed by atoms with E-state index in [-0.39, 0.29) is 12.4 Å². The van der Waals surface area contributed by atoms with Gasteiger partial charge in [-0.2, -0.15) is 0 Å². The second-order valence-corrected chi connectivity index (χ2v) is 4.76. The number of halogens is 1. The highest BCUT2D eigenvalue weighted by Gasteiger charge is 2.17. The van der Waals surface area contributed by atoms with E-state index < -0.39 is 0 Å². The Kier molecular flexibility index (Phi) is 3.72. The normalized spacial score (nSPS) is 15.6. The Hall–Kier alpha value is -0.730. The van der Waals surface area contributed by atoms with Crippen molar-refractivity contribution in [2.45, 2.75) is 38.5 Å². The van der Waals surface area contributed by atoms with Gasteiger partial charge in [0, 0.05) is 12.2 Å². The molecule has 1 aliphatic rings. The number of phenols is 1. The van der Waals surface area contributed by atoms with Crippen LogP contribution in [0.4, 0.5) is 0 Å². The highest BCUT2D eigenvalue weighted by atomic mass is 35.5. The van der Waals surface area contributed by atoms with Gasteiger partial charge < -0.3 is 10.2 Å². The molecule has 0 unspecified atom stereocenters. The van der Waals surface area contributed by atoms with Gasteiger partial charge in [0.15, 0.2) is 0 Å². The maximum atomic E-state index is 9.93. The highest BCUT2D eigenvalue weighted by molar-refractivity contribution is 6.32. The monoisotopic (exact) mass is 240 g/mol. The summed E-state index contributed by atoms with van der Waals surface area (Å²) in [6.45, 7) is 0.0559. The van der Waals surface area contributed by atoms with Crippen LogP contribution in [0.15, 0.2) is 6.07 Å². The van der Waals surface area contributed by atoms with E-state index in [4.69, 9.17) is 16.7 Å². The first-order chi connectivity index (χ1) is 7.74. The Bertz CT molecular complexity index is 388. The van der Waals surface area contributed by atoms with E-state index in [0.29, 0.717) is 11.4 Å². The quantitative estimate of drug-likeness (QED) is 0.781. The third-order valence-electron chi connectivity index (χ3n) is 3.30. The van der Waals surface area contributed by atoms with Gasteiger partial charge >= 0.3 is 0 Å². The summed E-state index contributed by atoms with van der Waals surface area (Å²) < 4.78 is 0. The first kappa shape index (κ1) is 11.7. The van der Waals surface area contributed by atoms with Crippen molar-refractivity contribution < 1.29 is 10.2 Å². The fourth-order valence-corrected chi connectivity index (χ4v) is 2.74. The van der Waals surface area contributed by atoms with Gasteiger partial charge in [0.1, 0.15) is 5.75 Å². The summed E-state index contributed by atoms with van der Waals surface area (Å²) in [6, 6.07) is 1.89. The standard InChI is InChI=1S/C13H17ClO2/c14-12-8-9-4-2-1-3-5-10(9)11(6-7-15)13(12)16/h8,15-16H,1-7H2. The summed E-state index contributed by atoms with van der Waals surface area (Å²) in [5.41, 5.74) is 3.32. The first-order valence-corrected chi connectivity index (χ1v) is 6.24. The van der Waals surface area contributed by atoms with Crippen molar-refractivity contribution in [3.05, 3.63) is 27.8 Å². The molecule has 2 N–H and O–H groups in total. The molecule has 3 heteroatoms. The molecule has 0 aromatic heterocycles. The number of aliphatic hydroxyl groups is 1. The lowest BCUT2D eigenvalue weighted by Crippen LogP contribution is -2.02. The number of benzene rings is 1. The van der Waals surface area contributed by atoms with Gasteiger partial charge in [-0.1, -0.05) is 18.0 Å². The van der Waals surface area contributed by atoms with Gasteiger partial charge in [-0.25, -0.2) is 0 Å². The van der Waals surface area contributed by atoms with Crippen LogP contribution >= 0.6 is 11.6 Å². The number of aromatic hydroxyl groups is 1. The van der Waals surface area contributed by atoms with Crippen LogP contribution in [-0.2, 0) is 19.3 Å². The molecule has 88 valence electrons. The molecule has 1 aromatic rings. The van der Waals surface area contributed by atoms with Gasteiger partial charge in [-0.15, -0.1) is 0 Å². The first-order valence-electron chi connectivity index (χ1n) is 5.87. The molecule has 0 bridgehead atoms.